The minimum absolute atomic E-state index is 0.421. The second kappa shape index (κ2) is 10.1. The molecule has 0 aliphatic heterocycles. The summed E-state index contributed by atoms with van der Waals surface area (Å²) in [5, 5.41) is 0. The van der Waals surface area contributed by atoms with Gasteiger partial charge in [0.2, 0.25) is 0 Å². The number of hydrogen-bond acceptors (Lipinski definition) is 4. The quantitative estimate of drug-likeness (QED) is 0.292. The average molecular weight is 306 g/mol. The van der Waals surface area contributed by atoms with E-state index in [9.17, 15) is 9.13 Å². The molecule has 0 aromatic carbocycles. The maximum Gasteiger partial charge on any atom is 0.342 e. The summed E-state index contributed by atoms with van der Waals surface area (Å²) in [4.78, 5) is 32.9. The van der Waals surface area contributed by atoms with Crippen LogP contribution in [0, 0.1) is 0 Å². The molecule has 0 aliphatic rings. The van der Waals surface area contributed by atoms with Gasteiger partial charge in [-0.25, -0.2) is 0 Å². The molecule has 0 aliphatic carbocycles. The highest BCUT2D eigenvalue weighted by molar-refractivity contribution is 7.52. The number of nitrogens with two attached hydrogens (primary N) is 2. The maximum absolute atomic E-state index is 10.6. The number of rotatable bonds is 7. The van der Waals surface area contributed by atoms with Crippen molar-refractivity contribution in [1.82, 2.24) is 0 Å². The predicted molar refractivity (Wildman–Crippen MR) is 69.9 cm³/mol. The SMILES string of the molecule is CCCCCCC(N)P(=O)(O)O.NCP(=O)(O)O. The van der Waals surface area contributed by atoms with E-state index in [1.807, 2.05) is 0 Å². The van der Waals surface area contributed by atoms with Crippen molar-refractivity contribution in [3.8, 4) is 0 Å². The van der Waals surface area contributed by atoms with Crippen molar-refractivity contribution in [3.05, 3.63) is 0 Å². The van der Waals surface area contributed by atoms with E-state index in [0.29, 0.717) is 6.42 Å². The third-order valence-electron chi connectivity index (χ3n) is 2.02. The summed E-state index contributed by atoms with van der Waals surface area (Å²) in [6.07, 6.45) is 3.89. The van der Waals surface area contributed by atoms with Crippen molar-refractivity contribution in [2.24, 2.45) is 11.5 Å². The lowest BCUT2D eigenvalue weighted by molar-refractivity contribution is 0.353. The largest absolute Gasteiger partial charge is 0.342 e. The normalized spacial score (nSPS) is 13.7. The highest BCUT2D eigenvalue weighted by Crippen LogP contribution is 2.40. The van der Waals surface area contributed by atoms with Gasteiger partial charge in [0.15, 0.2) is 0 Å². The lowest BCUT2D eigenvalue weighted by Crippen LogP contribution is -2.19. The standard InChI is InChI=1S/C7H18NO3P.CH6NO3P/c1-2-3-4-5-6-7(8)12(9,10)11;2-1-6(3,4)5/h7H,2-6,8H2,1H3,(H2,9,10,11);1-2H2,(H2,3,4,5). The summed E-state index contributed by atoms with van der Waals surface area (Å²) >= 11 is 0. The third kappa shape index (κ3) is 16.2. The Kier molecular flexibility index (Phi) is 11.5. The Morgan fingerprint density at radius 2 is 1.50 bits per heavy atom. The van der Waals surface area contributed by atoms with E-state index < -0.39 is 27.3 Å². The molecule has 0 saturated heterocycles. The van der Waals surface area contributed by atoms with E-state index >= 15 is 0 Å². The van der Waals surface area contributed by atoms with E-state index in [2.05, 4.69) is 12.7 Å². The van der Waals surface area contributed by atoms with Crippen LogP contribution in [0.25, 0.3) is 0 Å². The molecule has 0 aromatic heterocycles. The molecule has 1 unspecified atom stereocenters. The lowest BCUT2D eigenvalue weighted by atomic mass is 10.1. The van der Waals surface area contributed by atoms with E-state index in [1.54, 1.807) is 0 Å². The van der Waals surface area contributed by atoms with Crippen LogP contribution >= 0.6 is 15.2 Å². The van der Waals surface area contributed by atoms with Crippen LogP contribution in [0.1, 0.15) is 39.0 Å². The van der Waals surface area contributed by atoms with Crippen molar-refractivity contribution in [2.75, 3.05) is 6.29 Å². The molecule has 0 spiro atoms. The van der Waals surface area contributed by atoms with Crippen molar-refractivity contribution in [1.29, 1.82) is 0 Å². The molecule has 0 amide bonds. The monoisotopic (exact) mass is 306 g/mol. The minimum atomic E-state index is -4.03. The van der Waals surface area contributed by atoms with E-state index in [0.717, 1.165) is 25.7 Å². The molecule has 1 atom stereocenters. The molecule has 0 rings (SSSR count). The molecule has 0 radical (unpaired) electrons. The minimum Gasteiger partial charge on any atom is -0.324 e. The van der Waals surface area contributed by atoms with Gasteiger partial charge < -0.3 is 31.0 Å². The van der Waals surface area contributed by atoms with Crippen LogP contribution in [0.5, 0.6) is 0 Å². The summed E-state index contributed by atoms with van der Waals surface area (Å²) in [7, 11) is -7.90. The molecule has 10 heteroatoms. The summed E-state index contributed by atoms with van der Waals surface area (Å²) in [5.41, 5.74) is 9.81. The van der Waals surface area contributed by atoms with Gasteiger partial charge in [-0.05, 0) is 6.42 Å². The van der Waals surface area contributed by atoms with Crippen LogP contribution in [0.4, 0.5) is 0 Å². The van der Waals surface area contributed by atoms with E-state index in [1.165, 1.54) is 0 Å². The Labute approximate surface area is 107 Å². The molecule has 0 bridgehead atoms. The molecule has 112 valence electrons. The predicted octanol–water partition coefficient (Wildman–Crippen LogP) is 0.500. The highest BCUT2D eigenvalue weighted by atomic mass is 31.2. The van der Waals surface area contributed by atoms with E-state index in [-0.39, 0.29) is 0 Å². The fraction of sp³-hybridized carbons (Fsp3) is 1.00. The van der Waals surface area contributed by atoms with Crippen LogP contribution in [-0.4, -0.2) is 31.6 Å². The van der Waals surface area contributed by atoms with Gasteiger partial charge in [0.05, 0.1) is 6.29 Å². The van der Waals surface area contributed by atoms with Gasteiger partial charge >= 0.3 is 15.2 Å². The first-order valence-corrected chi connectivity index (χ1v) is 9.08. The van der Waals surface area contributed by atoms with Crippen molar-refractivity contribution < 1.29 is 28.7 Å². The van der Waals surface area contributed by atoms with Crippen molar-refractivity contribution in [3.63, 3.8) is 0 Å². The second-order valence-corrected chi connectivity index (χ2v) is 7.39. The molecule has 0 saturated carbocycles. The summed E-state index contributed by atoms with van der Waals surface area (Å²) < 4.78 is 20.1. The highest BCUT2D eigenvalue weighted by Gasteiger charge is 2.23. The van der Waals surface area contributed by atoms with Crippen LogP contribution in [0.3, 0.4) is 0 Å². The van der Waals surface area contributed by atoms with Gasteiger partial charge in [-0.3, -0.25) is 9.13 Å². The molecular formula is C8H24N2O6P2. The molecule has 0 heterocycles. The molecule has 18 heavy (non-hydrogen) atoms. The van der Waals surface area contributed by atoms with Crippen LogP contribution in [0.2, 0.25) is 0 Å². The van der Waals surface area contributed by atoms with E-state index in [4.69, 9.17) is 25.3 Å². The summed E-state index contributed by atoms with van der Waals surface area (Å²) in [6.45, 7) is 2.09. The molecule has 8 nitrogen and oxygen atoms in total. The summed E-state index contributed by atoms with van der Waals surface area (Å²) in [6, 6.07) is 0. The number of hydrogen-bond donors (Lipinski definition) is 6. The van der Waals surface area contributed by atoms with Gasteiger partial charge in [0, 0.05) is 0 Å². The van der Waals surface area contributed by atoms with Crippen LogP contribution < -0.4 is 11.5 Å². The Morgan fingerprint density at radius 3 is 1.78 bits per heavy atom. The molecular weight excluding hydrogens is 282 g/mol. The Balaban J connectivity index is 0. The van der Waals surface area contributed by atoms with Crippen molar-refractivity contribution >= 4 is 15.2 Å². The van der Waals surface area contributed by atoms with Gasteiger partial charge in [-0.15, -0.1) is 0 Å². The van der Waals surface area contributed by atoms with Crippen LogP contribution in [0.15, 0.2) is 0 Å². The zero-order chi connectivity index (χ0) is 14.8. The third-order valence-corrected chi connectivity index (χ3v) is 3.62. The average Bonchev–Trinajstić information content (AvgIpc) is 2.22. The zero-order valence-electron chi connectivity index (χ0n) is 10.5. The zero-order valence-corrected chi connectivity index (χ0v) is 12.3. The lowest BCUT2D eigenvalue weighted by Gasteiger charge is -2.12. The van der Waals surface area contributed by atoms with Gasteiger partial charge in [0.25, 0.3) is 0 Å². The Hall–Kier alpha value is 0.220. The first-order valence-electron chi connectivity index (χ1n) is 5.60. The number of unbranched alkanes of at least 4 members (excludes halogenated alkanes) is 3. The molecule has 0 fully saturated rings. The first kappa shape index (κ1) is 20.5. The molecule has 8 N–H and O–H groups in total. The second-order valence-electron chi connectivity index (χ2n) is 3.85. The van der Waals surface area contributed by atoms with Gasteiger partial charge in [-0.1, -0.05) is 32.6 Å². The van der Waals surface area contributed by atoms with Crippen LogP contribution in [-0.2, 0) is 9.13 Å². The maximum atomic E-state index is 10.6. The van der Waals surface area contributed by atoms with Crippen molar-refractivity contribution in [2.45, 2.75) is 44.8 Å². The van der Waals surface area contributed by atoms with Gasteiger partial charge in [-0.2, -0.15) is 0 Å². The fourth-order valence-electron chi connectivity index (χ4n) is 0.948. The first-order chi connectivity index (χ1) is 8.04. The smallest absolute Gasteiger partial charge is 0.324 e. The van der Waals surface area contributed by atoms with Gasteiger partial charge in [0.1, 0.15) is 5.78 Å². The Bertz CT molecular complexity index is 289. The Morgan fingerprint density at radius 1 is 1.06 bits per heavy atom. The fourth-order valence-corrected chi connectivity index (χ4v) is 1.47. The molecule has 0 aromatic rings. The topological polar surface area (TPSA) is 167 Å². The summed E-state index contributed by atoms with van der Waals surface area (Å²) in [5.74, 6) is -0.964.